The molecule has 14 nitrogen and oxygen atoms in total. The Morgan fingerprint density at radius 2 is 0.948 bits per heavy atom. The van der Waals surface area contributed by atoms with Gasteiger partial charge in [0.1, 0.15) is 24.3 Å². The van der Waals surface area contributed by atoms with Gasteiger partial charge in [0.2, 0.25) is 11.8 Å². The van der Waals surface area contributed by atoms with E-state index >= 15 is 0 Å². The second kappa shape index (κ2) is 30.7. The maximum atomic E-state index is 14.1. The summed E-state index contributed by atoms with van der Waals surface area (Å²) < 4.78 is 187. The predicted octanol–water partition coefficient (Wildman–Crippen LogP) is 16.5. The molecule has 0 bridgehead atoms. The lowest BCUT2D eigenvalue weighted by Crippen LogP contribution is -2.66. The van der Waals surface area contributed by atoms with Crippen LogP contribution in [0.2, 0.25) is 0 Å². The number of nitriles is 2. The Hall–Kier alpha value is -8.85. The van der Waals surface area contributed by atoms with E-state index in [4.69, 9.17) is 30.5 Å². The second-order valence-electron chi connectivity index (χ2n) is 24.0. The third-order valence-electron chi connectivity index (χ3n) is 17.5. The Morgan fingerprint density at radius 1 is 0.557 bits per heavy atom. The lowest BCUT2D eigenvalue weighted by atomic mass is 9.74. The first kappa shape index (κ1) is 74.0. The summed E-state index contributed by atoms with van der Waals surface area (Å²) in [5, 5.41) is 23.5. The highest BCUT2D eigenvalue weighted by Crippen LogP contribution is 2.48. The molecule has 3 saturated heterocycles. The molecule has 0 unspecified atom stereocenters. The fourth-order valence-electron chi connectivity index (χ4n) is 12.1. The highest BCUT2D eigenvalue weighted by Gasteiger charge is 2.57. The summed E-state index contributed by atoms with van der Waals surface area (Å²) >= 11 is 5.74. The molecule has 97 heavy (non-hydrogen) atoms. The zero-order valence-electron chi connectivity index (χ0n) is 52.4. The van der Waals surface area contributed by atoms with Crippen molar-refractivity contribution in [1.29, 1.82) is 10.5 Å². The summed E-state index contributed by atoms with van der Waals surface area (Å²) in [6.07, 6.45) is -23.1. The molecule has 516 valence electrons. The van der Waals surface area contributed by atoms with Gasteiger partial charge in [0, 0.05) is 25.3 Å². The Kier molecular flexibility index (Phi) is 23.4. The average molecular weight is 1380 g/mol. The molecule has 6 aromatic rings. The molecular formula is C70H67ClF12N6O8. The third-order valence-corrected chi connectivity index (χ3v) is 17.8. The minimum Gasteiger partial charge on any atom is -0.445 e. The number of nitrogens with zero attached hydrogens (tertiary/aromatic N) is 5. The van der Waals surface area contributed by atoms with Gasteiger partial charge >= 0.3 is 36.9 Å². The second-order valence-corrected chi connectivity index (χ2v) is 24.3. The van der Waals surface area contributed by atoms with Crippen LogP contribution >= 0.6 is 11.6 Å². The molecule has 4 amide bonds. The Balaban J connectivity index is 0.000000248. The molecule has 6 aromatic carbocycles. The van der Waals surface area contributed by atoms with Gasteiger partial charge in [-0.3, -0.25) is 19.4 Å². The lowest BCUT2D eigenvalue weighted by Gasteiger charge is -2.53. The van der Waals surface area contributed by atoms with Gasteiger partial charge in [-0.15, -0.1) is 11.6 Å². The van der Waals surface area contributed by atoms with Crippen molar-refractivity contribution < 1.29 is 90.8 Å². The van der Waals surface area contributed by atoms with Gasteiger partial charge in [-0.2, -0.15) is 63.2 Å². The fraction of sp³-hybridized carbons (Fsp3) is 0.400. The van der Waals surface area contributed by atoms with Gasteiger partial charge in [-0.25, -0.2) is 9.59 Å². The number of rotatable bonds is 19. The zero-order chi connectivity index (χ0) is 70.6. The number of hydrogen-bond acceptors (Lipinski definition) is 10. The molecule has 9 rings (SSSR count). The molecule has 0 saturated carbocycles. The summed E-state index contributed by atoms with van der Waals surface area (Å²) in [4.78, 5) is 57.8. The van der Waals surface area contributed by atoms with Crippen LogP contribution in [-0.4, -0.2) is 88.5 Å². The number of hydrogen-bond donors (Lipinski definition) is 1. The number of likely N-dealkylation sites (tertiary alicyclic amines) is 3. The monoisotopic (exact) mass is 1380 g/mol. The first-order valence-corrected chi connectivity index (χ1v) is 31.2. The molecule has 1 N–H and O–H groups in total. The molecule has 27 heteroatoms. The Morgan fingerprint density at radius 3 is 1.31 bits per heavy atom. The van der Waals surface area contributed by atoms with E-state index < -0.39 is 106 Å². The van der Waals surface area contributed by atoms with Crippen molar-refractivity contribution in [3.05, 3.63) is 213 Å². The van der Waals surface area contributed by atoms with Crippen LogP contribution in [0.25, 0.3) is 0 Å². The number of ether oxygens (including phenoxy) is 4. The predicted molar refractivity (Wildman–Crippen MR) is 329 cm³/mol. The first-order chi connectivity index (χ1) is 45.8. The van der Waals surface area contributed by atoms with E-state index in [0.29, 0.717) is 65.9 Å². The summed E-state index contributed by atoms with van der Waals surface area (Å²) in [5.74, 6) is -0.466. The van der Waals surface area contributed by atoms with Crippen molar-refractivity contribution >= 4 is 35.6 Å². The highest BCUT2D eigenvalue weighted by molar-refractivity contribution is 6.17. The molecule has 3 heterocycles. The molecule has 0 aromatic heterocycles. The van der Waals surface area contributed by atoms with Crippen LogP contribution in [0.3, 0.4) is 0 Å². The van der Waals surface area contributed by atoms with Crippen molar-refractivity contribution in [3.8, 4) is 12.1 Å². The largest absolute Gasteiger partial charge is 0.445 e. The van der Waals surface area contributed by atoms with Gasteiger partial charge in [-0.1, -0.05) is 121 Å². The molecule has 3 aliphatic heterocycles. The number of carbonyl (C=O) groups excluding carboxylic acids is 4. The number of benzene rings is 6. The quantitative estimate of drug-likeness (QED) is 0.0607. The summed E-state index contributed by atoms with van der Waals surface area (Å²) in [5.41, 5.74) is -9.99. The third kappa shape index (κ3) is 17.8. The van der Waals surface area contributed by atoms with Crippen molar-refractivity contribution in [2.24, 2.45) is 0 Å². The topological polar surface area (TPSA) is 175 Å². The summed E-state index contributed by atoms with van der Waals surface area (Å²) in [6, 6.07) is 41.6. The smallest absolute Gasteiger partial charge is 0.416 e. The van der Waals surface area contributed by atoms with Crippen LogP contribution < -0.4 is 5.32 Å². The van der Waals surface area contributed by atoms with E-state index in [2.05, 4.69) is 17.5 Å². The fourth-order valence-corrected chi connectivity index (χ4v) is 12.3. The van der Waals surface area contributed by atoms with Gasteiger partial charge in [0.05, 0.1) is 84.0 Å². The Bertz CT molecular complexity index is 3720. The molecule has 6 atom stereocenters. The van der Waals surface area contributed by atoms with Crippen LogP contribution in [0, 0.1) is 22.7 Å². The van der Waals surface area contributed by atoms with E-state index in [1.165, 1.54) is 28.5 Å². The van der Waals surface area contributed by atoms with E-state index in [1.807, 2.05) is 0 Å². The number of alkyl halides is 13. The van der Waals surface area contributed by atoms with E-state index in [1.54, 1.807) is 121 Å². The summed E-state index contributed by atoms with van der Waals surface area (Å²) in [7, 11) is 0. The van der Waals surface area contributed by atoms with Gasteiger partial charge in [-0.05, 0) is 122 Å². The van der Waals surface area contributed by atoms with Crippen LogP contribution in [0.5, 0.6) is 0 Å². The minimum absolute atomic E-state index is 0.00388. The average Bonchev–Trinajstić information content (AvgIpc) is 1.25. The van der Waals surface area contributed by atoms with Crippen LogP contribution in [0.1, 0.15) is 133 Å². The molecule has 0 aliphatic carbocycles. The Labute approximate surface area is 556 Å². The first-order valence-electron chi connectivity index (χ1n) is 30.7. The maximum absolute atomic E-state index is 14.1. The van der Waals surface area contributed by atoms with Gasteiger partial charge in [0.15, 0.2) is 0 Å². The normalized spacial score (nSPS) is 21.3. The van der Waals surface area contributed by atoms with E-state index in [9.17, 15) is 82.4 Å². The molecule has 3 aliphatic rings. The van der Waals surface area contributed by atoms with Crippen LogP contribution in [0.4, 0.5) is 62.3 Å². The number of piperidine rings is 2. The van der Waals surface area contributed by atoms with Crippen molar-refractivity contribution in [2.45, 2.75) is 137 Å². The van der Waals surface area contributed by atoms with Crippen molar-refractivity contribution in [1.82, 2.24) is 20.0 Å². The standard InChI is InChI=1S/C35H34ClF6N3O4.C35H33F6N3O4/c1-24(26-17-28(34(37,38)39)19-29(18-26)35(40,41)42)49-23-33(27-11-6-3-7-12-27)15-14-32(21-43,44-30(46)13-8-16-36)22-45(33)31(47)48-20-25-9-4-2-5-10-25;1-24(26-17-28(34(36,37)38)19-29(18-26)35(39,40)41)48-23-33(27-11-6-3-7-12-27)15-14-32(21-42,43-16-8-13-30(43)45)22-44(33)31(46)47-20-25-9-4-2-5-10-25/h2-7,9-12,17-19,24H,8,13-16,20,22-23H2,1H3,(H,44,46);2-7,9-12,17-19,24H,8,13-16,20,22-23H2,1H3/t2*24-,32+,33-/m11/s1. The number of carbonyl (C=O) groups is 4. The van der Waals surface area contributed by atoms with Crippen molar-refractivity contribution in [2.75, 3.05) is 38.7 Å². The molecule has 0 radical (unpaired) electrons. The molecule has 0 spiro atoms. The van der Waals surface area contributed by atoms with Crippen LogP contribution in [-0.2, 0) is 77.5 Å². The zero-order valence-corrected chi connectivity index (χ0v) is 53.2. The van der Waals surface area contributed by atoms with Gasteiger partial charge in [0.25, 0.3) is 0 Å². The number of nitrogens with one attached hydrogen (secondary N) is 1. The van der Waals surface area contributed by atoms with E-state index in [0.717, 1.165) is 0 Å². The highest BCUT2D eigenvalue weighted by atomic mass is 35.5. The molecular weight excluding hydrogens is 1320 g/mol. The van der Waals surface area contributed by atoms with Crippen molar-refractivity contribution in [3.63, 3.8) is 0 Å². The maximum Gasteiger partial charge on any atom is 0.416 e. The van der Waals surface area contributed by atoms with Crippen LogP contribution in [0.15, 0.2) is 158 Å². The minimum atomic E-state index is -5.06. The number of amides is 4. The summed E-state index contributed by atoms with van der Waals surface area (Å²) in [6.45, 7) is 1.29. The molecule has 3 fully saturated rings. The van der Waals surface area contributed by atoms with Gasteiger partial charge < -0.3 is 29.2 Å². The number of halogens is 13. The van der Waals surface area contributed by atoms with E-state index in [-0.39, 0.29) is 106 Å². The lowest BCUT2D eigenvalue weighted by molar-refractivity contribution is -0.145. The SMILES string of the molecule is C[C@@H](OC[C@@]1(c2ccccc2)CC[C@@](C#N)(N2CCCC2=O)CN1C(=O)OCc1ccccc1)c1cc(C(F)(F)F)cc(C(F)(F)F)c1.C[C@@H](OC[C@@]1(c2ccccc2)CC[C@@](C#N)(NC(=O)CCCCl)CN1C(=O)OCc1ccccc1)c1cc(C(F)(F)F)cc(C(F)(F)F)c1.